The molecule has 0 aromatic heterocycles. The molecule has 1 heterocycles. The zero-order valence-corrected chi connectivity index (χ0v) is 11.5. The van der Waals surface area contributed by atoms with Gasteiger partial charge in [-0.2, -0.15) is 5.10 Å². The van der Waals surface area contributed by atoms with Gasteiger partial charge in [0.05, 0.1) is 11.0 Å². The Labute approximate surface area is 111 Å². The topological polar surface area (TPSA) is 108 Å². The van der Waals surface area contributed by atoms with Crippen LogP contribution in [0.5, 0.6) is 0 Å². The first kappa shape index (κ1) is 15.1. The second-order valence-electron chi connectivity index (χ2n) is 5.60. The number of hydrogen-bond donors (Lipinski definition) is 3. The first-order valence-corrected chi connectivity index (χ1v) is 5.99. The van der Waals surface area contributed by atoms with E-state index < -0.39 is 22.8 Å². The van der Waals surface area contributed by atoms with Gasteiger partial charge in [-0.15, -0.1) is 0 Å². The van der Waals surface area contributed by atoms with Gasteiger partial charge < -0.3 is 10.4 Å². The Hall–Kier alpha value is -1.92. The quantitative estimate of drug-likeness (QED) is 0.680. The molecule has 1 aliphatic heterocycles. The summed E-state index contributed by atoms with van der Waals surface area (Å²) in [6.45, 7) is 6.36. The summed E-state index contributed by atoms with van der Waals surface area (Å²) in [5.41, 5.74) is 0.339. The van der Waals surface area contributed by atoms with E-state index in [0.29, 0.717) is 0 Å². The van der Waals surface area contributed by atoms with Gasteiger partial charge in [-0.25, -0.2) is 5.43 Å². The molecule has 0 aromatic rings. The van der Waals surface area contributed by atoms with E-state index in [1.165, 1.54) is 0 Å². The number of aliphatic carboxylic acids is 1. The lowest BCUT2D eigenvalue weighted by molar-refractivity contribution is -0.151. The summed E-state index contributed by atoms with van der Waals surface area (Å²) in [7, 11) is 0. The monoisotopic (exact) mass is 269 g/mol. The summed E-state index contributed by atoms with van der Waals surface area (Å²) in [6.07, 6.45) is 0.455. The molecule has 0 aromatic carbocycles. The minimum absolute atomic E-state index is 0.203. The van der Waals surface area contributed by atoms with Gasteiger partial charge in [-0.1, -0.05) is 0 Å². The number of carbonyl (C=O) groups excluding carboxylic acids is 2. The lowest BCUT2D eigenvalue weighted by Crippen LogP contribution is -2.58. The number of nitrogens with zero attached hydrogens (tertiary/aromatic N) is 1. The highest BCUT2D eigenvalue weighted by atomic mass is 16.4. The number of carboxylic acids is 1. The fourth-order valence-electron chi connectivity index (χ4n) is 1.42. The van der Waals surface area contributed by atoms with Gasteiger partial charge in [-0.05, 0) is 27.7 Å². The van der Waals surface area contributed by atoms with Crippen LogP contribution in [0.3, 0.4) is 0 Å². The average Bonchev–Trinajstić information content (AvgIpc) is 2.28. The Morgan fingerprint density at radius 2 is 1.84 bits per heavy atom. The van der Waals surface area contributed by atoms with Crippen LogP contribution < -0.4 is 10.7 Å². The standard InChI is InChI=1S/C12H19N3O4/c1-11(2,10(18)19)12(3,4)13-9(17)7-5-6-8(16)15-14-7/h5-6H2,1-4H3,(H,13,17)(H,15,16)(H,18,19). The molecule has 19 heavy (non-hydrogen) atoms. The number of nitrogens with one attached hydrogen (secondary N) is 2. The van der Waals surface area contributed by atoms with Gasteiger partial charge in [0.25, 0.3) is 5.91 Å². The maximum Gasteiger partial charge on any atom is 0.311 e. The Balaban J connectivity index is 2.81. The van der Waals surface area contributed by atoms with Crippen LogP contribution in [0.2, 0.25) is 0 Å². The Morgan fingerprint density at radius 1 is 1.26 bits per heavy atom. The first-order valence-electron chi connectivity index (χ1n) is 5.99. The Bertz CT molecular complexity index is 452. The third kappa shape index (κ3) is 3.10. The summed E-state index contributed by atoms with van der Waals surface area (Å²) >= 11 is 0. The van der Waals surface area contributed by atoms with E-state index in [4.69, 9.17) is 0 Å². The maximum atomic E-state index is 12.0. The summed E-state index contributed by atoms with van der Waals surface area (Å²) in [4.78, 5) is 34.2. The van der Waals surface area contributed by atoms with Gasteiger partial charge in [0, 0.05) is 12.8 Å². The van der Waals surface area contributed by atoms with Crippen molar-refractivity contribution in [1.29, 1.82) is 0 Å². The summed E-state index contributed by atoms with van der Waals surface area (Å²) in [5.74, 6) is -1.70. The molecule has 0 spiro atoms. The number of carbonyl (C=O) groups is 3. The predicted octanol–water partition coefficient (Wildman–Crippen LogP) is 0.258. The van der Waals surface area contributed by atoms with E-state index in [-0.39, 0.29) is 24.5 Å². The predicted molar refractivity (Wildman–Crippen MR) is 68.5 cm³/mol. The van der Waals surface area contributed by atoms with Crippen LogP contribution in [-0.2, 0) is 14.4 Å². The molecule has 106 valence electrons. The van der Waals surface area contributed by atoms with E-state index >= 15 is 0 Å². The van der Waals surface area contributed by atoms with Crippen molar-refractivity contribution in [2.24, 2.45) is 10.5 Å². The van der Waals surface area contributed by atoms with Crippen molar-refractivity contribution >= 4 is 23.5 Å². The molecular formula is C12H19N3O4. The minimum Gasteiger partial charge on any atom is -0.481 e. The van der Waals surface area contributed by atoms with Crippen molar-refractivity contribution < 1.29 is 19.5 Å². The van der Waals surface area contributed by atoms with Gasteiger partial charge in [-0.3, -0.25) is 14.4 Å². The highest BCUT2D eigenvalue weighted by Gasteiger charge is 2.44. The number of carboxylic acid groups (broad SMARTS) is 1. The molecule has 0 saturated heterocycles. The van der Waals surface area contributed by atoms with Crippen molar-refractivity contribution in [2.75, 3.05) is 0 Å². The molecule has 7 nitrogen and oxygen atoms in total. The summed E-state index contributed by atoms with van der Waals surface area (Å²) < 4.78 is 0. The molecule has 0 radical (unpaired) electrons. The molecule has 3 N–H and O–H groups in total. The molecule has 0 unspecified atom stereocenters. The molecule has 2 amide bonds. The van der Waals surface area contributed by atoms with Gasteiger partial charge >= 0.3 is 5.97 Å². The number of hydrazone groups is 1. The van der Waals surface area contributed by atoms with Crippen LogP contribution in [0.15, 0.2) is 5.10 Å². The number of rotatable bonds is 4. The Kier molecular flexibility index (Phi) is 3.97. The smallest absolute Gasteiger partial charge is 0.311 e. The van der Waals surface area contributed by atoms with Crippen LogP contribution >= 0.6 is 0 Å². The van der Waals surface area contributed by atoms with Crippen LogP contribution in [0, 0.1) is 5.41 Å². The lowest BCUT2D eigenvalue weighted by Gasteiger charge is -2.38. The third-order valence-electron chi connectivity index (χ3n) is 3.69. The van der Waals surface area contributed by atoms with Crippen molar-refractivity contribution in [2.45, 2.75) is 46.1 Å². The van der Waals surface area contributed by atoms with Crippen molar-refractivity contribution in [3.8, 4) is 0 Å². The molecule has 0 fully saturated rings. The van der Waals surface area contributed by atoms with Gasteiger partial charge in [0.2, 0.25) is 5.91 Å². The molecule has 0 bridgehead atoms. The highest BCUT2D eigenvalue weighted by molar-refractivity contribution is 6.39. The molecule has 1 aliphatic rings. The van der Waals surface area contributed by atoms with Crippen LogP contribution in [0.4, 0.5) is 0 Å². The highest BCUT2D eigenvalue weighted by Crippen LogP contribution is 2.30. The fraction of sp³-hybridized carbons (Fsp3) is 0.667. The first-order chi connectivity index (χ1) is 8.58. The molecule has 0 saturated carbocycles. The molecule has 0 atom stereocenters. The third-order valence-corrected chi connectivity index (χ3v) is 3.69. The van der Waals surface area contributed by atoms with Crippen LogP contribution in [-0.4, -0.2) is 34.1 Å². The molecule has 7 heteroatoms. The van der Waals surface area contributed by atoms with E-state index in [2.05, 4.69) is 15.8 Å². The van der Waals surface area contributed by atoms with Gasteiger partial charge in [0.1, 0.15) is 5.71 Å². The summed E-state index contributed by atoms with van der Waals surface area (Å²) in [6, 6.07) is 0. The van der Waals surface area contributed by atoms with Crippen molar-refractivity contribution in [3.05, 3.63) is 0 Å². The van der Waals surface area contributed by atoms with E-state index in [9.17, 15) is 19.5 Å². The zero-order chi connectivity index (χ0) is 14.8. The minimum atomic E-state index is -1.14. The van der Waals surface area contributed by atoms with Crippen LogP contribution in [0.1, 0.15) is 40.5 Å². The SMILES string of the molecule is CC(C)(NC(=O)C1=NNC(=O)CC1)C(C)(C)C(=O)O. The van der Waals surface area contributed by atoms with Crippen molar-refractivity contribution in [3.63, 3.8) is 0 Å². The average molecular weight is 269 g/mol. The van der Waals surface area contributed by atoms with E-state index in [0.717, 1.165) is 0 Å². The van der Waals surface area contributed by atoms with Crippen LogP contribution in [0.25, 0.3) is 0 Å². The second kappa shape index (κ2) is 4.99. The molecular weight excluding hydrogens is 250 g/mol. The largest absolute Gasteiger partial charge is 0.481 e. The normalized spacial score (nSPS) is 16.4. The Morgan fingerprint density at radius 3 is 2.26 bits per heavy atom. The van der Waals surface area contributed by atoms with Crippen molar-refractivity contribution in [1.82, 2.24) is 10.7 Å². The molecule has 0 aliphatic carbocycles. The summed E-state index contributed by atoms with van der Waals surface area (Å²) in [5, 5.41) is 15.5. The van der Waals surface area contributed by atoms with E-state index in [1.54, 1.807) is 27.7 Å². The maximum absolute atomic E-state index is 12.0. The number of hydrogen-bond acceptors (Lipinski definition) is 4. The fourth-order valence-corrected chi connectivity index (χ4v) is 1.42. The van der Waals surface area contributed by atoms with Gasteiger partial charge in [0.15, 0.2) is 0 Å². The zero-order valence-electron chi connectivity index (χ0n) is 11.5. The van der Waals surface area contributed by atoms with E-state index in [1.807, 2.05) is 0 Å². The number of amides is 2. The second-order valence-corrected chi connectivity index (χ2v) is 5.60. The molecule has 1 rings (SSSR count). The lowest BCUT2D eigenvalue weighted by atomic mass is 9.74.